The van der Waals surface area contributed by atoms with E-state index in [1.165, 1.54) is 18.2 Å². The Morgan fingerprint density at radius 3 is 2.50 bits per heavy atom. The topological polar surface area (TPSA) is 33.0 Å². The molecular weight excluding hydrogens is 253 g/mol. The van der Waals surface area contributed by atoms with Crippen molar-refractivity contribution in [2.45, 2.75) is 5.88 Å². The van der Waals surface area contributed by atoms with Crippen LogP contribution in [0.5, 0.6) is 11.5 Å². The number of ether oxygens (including phenoxy) is 1. The SMILES string of the molecule is N#Cc1ccc(Oc2ccc(F)cc2CCl)cc1. The van der Waals surface area contributed by atoms with Crippen LogP contribution < -0.4 is 4.74 Å². The van der Waals surface area contributed by atoms with Crippen molar-refractivity contribution in [2.24, 2.45) is 0 Å². The van der Waals surface area contributed by atoms with Crippen LogP contribution in [-0.4, -0.2) is 0 Å². The van der Waals surface area contributed by atoms with Crippen molar-refractivity contribution < 1.29 is 9.13 Å². The fourth-order valence-electron chi connectivity index (χ4n) is 1.48. The Balaban J connectivity index is 2.25. The van der Waals surface area contributed by atoms with Crippen LogP contribution >= 0.6 is 11.6 Å². The highest BCUT2D eigenvalue weighted by Crippen LogP contribution is 2.27. The Morgan fingerprint density at radius 1 is 1.17 bits per heavy atom. The summed E-state index contributed by atoms with van der Waals surface area (Å²) in [4.78, 5) is 0. The van der Waals surface area contributed by atoms with Gasteiger partial charge in [-0.3, -0.25) is 0 Å². The zero-order valence-electron chi connectivity index (χ0n) is 9.36. The second-order valence-corrected chi connectivity index (χ2v) is 3.89. The van der Waals surface area contributed by atoms with E-state index in [1.807, 2.05) is 6.07 Å². The number of halogens is 2. The molecule has 2 aromatic rings. The van der Waals surface area contributed by atoms with E-state index in [2.05, 4.69) is 0 Å². The first-order chi connectivity index (χ1) is 8.72. The van der Waals surface area contributed by atoms with Gasteiger partial charge < -0.3 is 4.74 Å². The fourth-order valence-corrected chi connectivity index (χ4v) is 1.69. The van der Waals surface area contributed by atoms with E-state index in [0.717, 1.165) is 0 Å². The van der Waals surface area contributed by atoms with Crippen LogP contribution in [0.4, 0.5) is 4.39 Å². The van der Waals surface area contributed by atoms with Crippen molar-refractivity contribution in [3.63, 3.8) is 0 Å². The molecule has 4 heteroatoms. The highest BCUT2D eigenvalue weighted by atomic mass is 35.5. The van der Waals surface area contributed by atoms with Crippen LogP contribution in [0.15, 0.2) is 42.5 Å². The summed E-state index contributed by atoms with van der Waals surface area (Å²) < 4.78 is 18.6. The van der Waals surface area contributed by atoms with Crippen molar-refractivity contribution >= 4 is 11.6 Å². The number of rotatable bonds is 3. The summed E-state index contributed by atoms with van der Waals surface area (Å²) in [6, 6.07) is 12.9. The van der Waals surface area contributed by atoms with E-state index >= 15 is 0 Å². The monoisotopic (exact) mass is 261 g/mol. The van der Waals surface area contributed by atoms with Crippen LogP contribution in [0.2, 0.25) is 0 Å². The predicted molar refractivity (Wildman–Crippen MR) is 67.2 cm³/mol. The van der Waals surface area contributed by atoms with Crippen molar-refractivity contribution in [2.75, 3.05) is 0 Å². The lowest BCUT2D eigenvalue weighted by Crippen LogP contribution is -1.91. The minimum Gasteiger partial charge on any atom is -0.457 e. The summed E-state index contributed by atoms with van der Waals surface area (Å²) in [6.07, 6.45) is 0. The lowest BCUT2D eigenvalue weighted by atomic mass is 10.2. The first-order valence-electron chi connectivity index (χ1n) is 5.25. The molecule has 0 unspecified atom stereocenters. The van der Waals surface area contributed by atoms with Crippen LogP contribution in [0.25, 0.3) is 0 Å². The Morgan fingerprint density at radius 2 is 1.89 bits per heavy atom. The lowest BCUT2D eigenvalue weighted by molar-refractivity contribution is 0.476. The zero-order valence-corrected chi connectivity index (χ0v) is 10.1. The molecule has 2 aromatic carbocycles. The van der Waals surface area contributed by atoms with Gasteiger partial charge in [0.25, 0.3) is 0 Å². The third kappa shape index (κ3) is 2.79. The Bertz CT molecular complexity index is 590. The van der Waals surface area contributed by atoms with Gasteiger partial charge in [0.2, 0.25) is 0 Å². The highest BCUT2D eigenvalue weighted by Gasteiger charge is 2.05. The van der Waals surface area contributed by atoms with E-state index in [-0.39, 0.29) is 11.7 Å². The van der Waals surface area contributed by atoms with Gasteiger partial charge >= 0.3 is 0 Å². The first-order valence-corrected chi connectivity index (χ1v) is 5.79. The van der Waals surface area contributed by atoms with Crippen molar-refractivity contribution in [1.82, 2.24) is 0 Å². The molecule has 2 rings (SSSR count). The first kappa shape index (κ1) is 12.4. The maximum Gasteiger partial charge on any atom is 0.132 e. The standard InChI is InChI=1S/C14H9ClFNO/c15-8-11-7-12(16)3-6-14(11)18-13-4-1-10(9-17)2-5-13/h1-7H,8H2. The summed E-state index contributed by atoms with van der Waals surface area (Å²) in [5.74, 6) is 0.907. The number of nitriles is 1. The minimum atomic E-state index is -0.349. The third-order valence-electron chi connectivity index (χ3n) is 2.38. The van der Waals surface area contributed by atoms with Gasteiger partial charge in [0.05, 0.1) is 17.5 Å². The second kappa shape index (κ2) is 5.52. The molecule has 0 N–H and O–H groups in total. The van der Waals surface area contributed by atoms with Gasteiger partial charge in [-0.1, -0.05) is 0 Å². The van der Waals surface area contributed by atoms with Gasteiger partial charge in [0, 0.05) is 5.56 Å². The molecule has 0 spiro atoms. The smallest absolute Gasteiger partial charge is 0.132 e. The van der Waals surface area contributed by atoms with Crippen LogP contribution in [0.1, 0.15) is 11.1 Å². The molecule has 0 atom stereocenters. The minimum absolute atomic E-state index is 0.170. The van der Waals surface area contributed by atoms with Crippen molar-refractivity contribution in [3.05, 3.63) is 59.4 Å². The van der Waals surface area contributed by atoms with Crippen LogP contribution in [0.3, 0.4) is 0 Å². The molecule has 0 radical (unpaired) electrons. The average Bonchev–Trinajstić information content (AvgIpc) is 2.41. The van der Waals surface area contributed by atoms with E-state index < -0.39 is 0 Å². The molecule has 0 heterocycles. The van der Waals surface area contributed by atoms with Gasteiger partial charge in [-0.15, -0.1) is 11.6 Å². The lowest BCUT2D eigenvalue weighted by Gasteiger charge is -2.09. The summed E-state index contributed by atoms with van der Waals surface area (Å²) >= 11 is 5.73. The molecule has 0 aliphatic heterocycles. The maximum absolute atomic E-state index is 13.0. The molecule has 0 saturated heterocycles. The molecule has 18 heavy (non-hydrogen) atoms. The molecular formula is C14H9ClFNO. The van der Waals surface area contributed by atoms with Crippen LogP contribution in [0, 0.1) is 17.1 Å². The van der Waals surface area contributed by atoms with Gasteiger partial charge in [0.15, 0.2) is 0 Å². The molecule has 0 saturated carbocycles. The van der Waals surface area contributed by atoms with Crippen molar-refractivity contribution in [1.29, 1.82) is 5.26 Å². The quantitative estimate of drug-likeness (QED) is 0.775. The number of alkyl halides is 1. The predicted octanol–water partition coefficient (Wildman–Crippen LogP) is 4.23. The average molecular weight is 262 g/mol. The molecule has 0 amide bonds. The molecule has 0 bridgehead atoms. The van der Waals surface area contributed by atoms with E-state index in [9.17, 15) is 4.39 Å². The summed E-state index contributed by atoms with van der Waals surface area (Å²) in [7, 11) is 0. The third-order valence-corrected chi connectivity index (χ3v) is 2.67. The Hall–Kier alpha value is -2.05. The van der Waals surface area contributed by atoms with Gasteiger partial charge in [-0.25, -0.2) is 4.39 Å². The highest BCUT2D eigenvalue weighted by molar-refractivity contribution is 6.17. The summed E-state index contributed by atoms with van der Waals surface area (Å²) in [5.41, 5.74) is 1.14. The zero-order chi connectivity index (χ0) is 13.0. The fraction of sp³-hybridized carbons (Fsp3) is 0.0714. The maximum atomic E-state index is 13.0. The number of hydrogen-bond acceptors (Lipinski definition) is 2. The van der Waals surface area contributed by atoms with Crippen LogP contribution in [-0.2, 0) is 5.88 Å². The number of hydrogen-bond donors (Lipinski definition) is 0. The Kier molecular flexibility index (Phi) is 3.81. The van der Waals surface area contributed by atoms with Crippen molar-refractivity contribution in [3.8, 4) is 17.6 Å². The van der Waals surface area contributed by atoms with Gasteiger partial charge in [-0.2, -0.15) is 5.26 Å². The van der Waals surface area contributed by atoms with E-state index in [1.54, 1.807) is 24.3 Å². The Labute approximate surface area is 109 Å². The summed E-state index contributed by atoms with van der Waals surface area (Å²) in [6.45, 7) is 0. The number of benzene rings is 2. The largest absolute Gasteiger partial charge is 0.457 e. The molecule has 0 fully saturated rings. The van der Waals surface area contributed by atoms with E-state index in [0.29, 0.717) is 22.6 Å². The normalized spacial score (nSPS) is 9.83. The van der Waals surface area contributed by atoms with Gasteiger partial charge in [0.1, 0.15) is 17.3 Å². The molecule has 0 aromatic heterocycles. The summed E-state index contributed by atoms with van der Waals surface area (Å²) in [5, 5.41) is 8.68. The molecule has 2 nitrogen and oxygen atoms in total. The van der Waals surface area contributed by atoms with E-state index in [4.69, 9.17) is 21.6 Å². The molecule has 0 aliphatic carbocycles. The second-order valence-electron chi connectivity index (χ2n) is 3.62. The molecule has 0 aliphatic rings. The number of nitrogens with zero attached hydrogens (tertiary/aromatic N) is 1. The van der Waals surface area contributed by atoms with Gasteiger partial charge in [-0.05, 0) is 42.5 Å². The molecule has 90 valence electrons.